The maximum atomic E-state index is 12.8. The normalized spacial score (nSPS) is 12.9. The lowest BCUT2D eigenvalue weighted by atomic mass is 9.95. The fraction of sp³-hybridized carbons (Fsp3) is 0.462. The molecule has 0 saturated heterocycles. The number of benzene rings is 1. The molecule has 2 heterocycles. The summed E-state index contributed by atoms with van der Waals surface area (Å²) in [5.41, 5.74) is 2.81. The van der Waals surface area contributed by atoms with Crippen molar-refractivity contribution >= 4 is 40.0 Å². The van der Waals surface area contributed by atoms with E-state index < -0.39 is 0 Å². The molecule has 3 aromatic rings. The number of rotatable bonds is 10. The zero-order valence-electron chi connectivity index (χ0n) is 21.1. The van der Waals surface area contributed by atoms with Gasteiger partial charge < -0.3 is 19.4 Å². The van der Waals surface area contributed by atoms with E-state index in [0.29, 0.717) is 34.1 Å². The first-order chi connectivity index (χ1) is 17.4. The van der Waals surface area contributed by atoms with Crippen LogP contribution < -0.4 is 10.1 Å². The summed E-state index contributed by atoms with van der Waals surface area (Å²) >= 11 is 2.78. The molecule has 2 aromatic heterocycles. The molecule has 8 nitrogen and oxygen atoms in total. The van der Waals surface area contributed by atoms with Gasteiger partial charge in [-0.3, -0.25) is 4.79 Å². The molecule has 1 aliphatic carbocycles. The second-order valence-corrected chi connectivity index (χ2v) is 11.0. The first-order valence-electron chi connectivity index (χ1n) is 12.2. The number of aryl methyl sites for hydroxylation is 1. The third-order valence-electron chi connectivity index (χ3n) is 6.08. The van der Waals surface area contributed by atoms with Gasteiger partial charge in [0.1, 0.15) is 17.4 Å². The summed E-state index contributed by atoms with van der Waals surface area (Å²) in [5.74, 6) is 1.49. The highest BCUT2D eigenvalue weighted by atomic mass is 32.2. The van der Waals surface area contributed by atoms with Crippen LogP contribution in [-0.2, 0) is 36.0 Å². The van der Waals surface area contributed by atoms with E-state index in [0.717, 1.165) is 37.0 Å². The van der Waals surface area contributed by atoms with E-state index in [4.69, 9.17) is 9.47 Å². The average molecular weight is 529 g/mol. The van der Waals surface area contributed by atoms with Crippen molar-refractivity contribution in [2.24, 2.45) is 7.05 Å². The molecule has 1 amide bonds. The molecule has 1 N–H and O–H groups in total. The van der Waals surface area contributed by atoms with Crippen molar-refractivity contribution < 1.29 is 19.1 Å². The summed E-state index contributed by atoms with van der Waals surface area (Å²) in [6.45, 7) is 6.67. The Labute approximate surface area is 219 Å². The predicted octanol–water partition coefficient (Wildman–Crippen LogP) is 5.37. The lowest BCUT2D eigenvalue weighted by molar-refractivity contribution is -0.113. The van der Waals surface area contributed by atoms with Crippen molar-refractivity contribution in [1.29, 1.82) is 0 Å². The Morgan fingerprint density at radius 3 is 2.64 bits per heavy atom. The predicted molar refractivity (Wildman–Crippen MR) is 142 cm³/mol. The Balaban J connectivity index is 1.35. The minimum atomic E-state index is -0.364. The van der Waals surface area contributed by atoms with Gasteiger partial charge in [-0.05, 0) is 61.8 Å². The van der Waals surface area contributed by atoms with Crippen LogP contribution in [0, 0.1) is 0 Å². The Morgan fingerprint density at radius 1 is 1.17 bits per heavy atom. The van der Waals surface area contributed by atoms with Crippen LogP contribution >= 0.6 is 23.1 Å². The zero-order chi connectivity index (χ0) is 25.7. The van der Waals surface area contributed by atoms with Crippen LogP contribution in [0.1, 0.15) is 71.7 Å². The Kier molecular flexibility index (Phi) is 8.68. The first-order valence-corrected chi connectivity index (χ1v) is 14.0. The molecule has 0 unspecified atom stereocenters. The maximum absolute atomic E-state index is 12.8. The van der Waals surface area contributed by atoms with Crippen molar-refractivity contribution in [2.45, 2.75) is 64.1 Å². The molecule has 0 spiro atoms. The van der Waals surface area contributed by atoms with E-state index >= 15 is 0 Å². The number of esters is 1. The number of fused-ring (bicyclic) bond motifs is 1. The largest absolute Gasteiger partial charge is 0.486 e. The second kappa shape index (κ2) is 11.9. The van der Waals surface area contributed by atoms with Crippen LogP contribution in [0.25, 0.3) is 0 Å². The second-order valence-electron chi connectivity index (χ2n) is 8.94. The van der Waals surface area contributed by atoms with Gasteiger partial charge in [0, 0.05) is 11.9 Å². The molecular weight excluding hydrogens is 496 g/mol. The fourth-order valence-electron chi connectivity index (χ4n) is 4.06. The molecule has 192 valence electrons. The Bertz CT molecular complexity index is 1220. The molecule has 0 aliphatic heterocycles. The number of carbonyl (C=O) groups excluding carboxylic acids is 2. The lowest BCUT2D eigenvalue weighted by Crippen LogP contribution is -2.17. The number of nitrogens with one attached hydrogen (secondary N) is 1. The van der Waals surface area contributed by atoms with Crippen LogP contribution in [0.4, 0.5) is 5.00 Å². The molecule has 0 bridgehead atoms. The number of carbonyl (C=O) groups is 2. The molecule has 0 saturated carbocycles. The van der Waals surface area contributed by atoms with Crippen LogP contribution in [0.15, 0.2) is 29.4 Å². The van der Waals surface area contributed by atoms with Crippen LogP contribution in [-0.4, -0.2) is 39.0 Å². The molecule has 4 rings (SSSR count). The summed E-state index contributed by atoms with van der Waals surface area (Å²) in [6.07, 6.45) is 3.92. The summed E-state index contributed by atoms with van der Waals surface area (Å²) in [5, 5.41) is 12.6. The Morgan fingerprint density at radius 2 is 1.92 bits per heavy atom. The SMILES string of the molecule is CCOC(=O)c1c(NC(=O)CSc2nnc(COc3ccc(C(C)C)cc3)n2C)sc2c1CCCC2. The molecule has 0 radical (unpaired) electrons. The Hall–Kier alpha value is -2.85. The highest BCUT2D eigenvalue weighted by Gasteiger charge is 2.27. The molecule has 1 aliphatic rings. The van der Waals surface area contributed by atoms with Gasteiger partial charge in [0.05, 0.1) is 17.9 Å². The molecule has 0 fully saturated rings. The number of aromatic nitrogens is 3. The number of ether oxygens (including phenoxy) is 2. The summed E-state index contributed by atoms with van der Waals surface area (Å²) in [6, 6.07) is 8.04. The fourth-order valence-corrected chi connectivity index (χ4v) is 6.08. The van der Waals surface area contributed by atoms with E-state index in [9.17, 15) is 9.59 Å². The number of hydrogen-bond acceptors (Lipinski definition) is 8. The van der Waals surface area contributed by atoms with Crippen molar-refractivity contribution in [3.05, 3.63) is 51.7 Å². The van der Waals surface area contributed by atoms with Gasteiger partial charge in [0.2, 0.25) is 5.91 Å². The van der Waals surface area contributed by atoms with Gasteiger partial charge in [-0.2, -0.15) is 0 Å². The van der Waals surface area contributed by atoms with Crippen LogP contribution in [0.3, 0.4) is 0 Å². The topological polar surface area (TPSA) is 95.3 Å². The van der Waals surface area contributed by atoms with E-state index in [2.05, 4.69) is 41.5 Å². The maximum Gasteiger partial charge on any atom is 0.341 e. The van der Waals surface area contributed by atoms with Gasteiger partial charge >= 0.3 is 5.97 Å². The standard InChI is InChI=1S/C26H32N4O4S2/c1-5-33-25(32)23-19-8-6-7-9-20(19)36-24(23)27-22(31)15-35-26-29-28-21(30(26)4)14-34-18-12-10-17(11-13-18)16(2)3/h10-13,16H,5-9,14-15H2,1-4H3,(H,27,31). The van der Waals surface area contributed by atoms with Crippen molar-refractivity contribution in [1.82, 2.24) is 14.8 Å². The summed E-state index contributed by atoms with van der Waals surface area (Å²) < 4.78 is 13.0. The zero-order valence-corrected chi connectivity index (χ0v) is 22.8. The van der Waals surface area contributed by atoms with Gasteiger partial charge in [-0.1, -0.05) is 37.7 Å². The number of anilines is 1. The number of thioether (sulfide) groups is 1. The van der Waals surface area contributed by atoms with Gasteiger partial charge in [-0.15, -0.1) is 21.5 Å². The van der Waals surface area contributed by atoms with Crippen LogP contribution in [0.5, 0.6) is 5.75 Å². The highest BCUT2D eigenvalue weighted by Crippen LogP contribution is 2.38. The first kappa shape index (κ1) is 26.2. The number of nitrogens with zero attached hydrogens (tertiary/aromatic N) is 3. The van der Waals surface area contributed by atoms with Gasteiger partial charge in [-0.25, -0.2) is 4.79 Å². The summed E-state index contributed by atoms with van der Waals surface area (Å²) in [7, 11) is 1.85. The van der Waals surface area contributed by atoms with E-state index in [-0.39, 0.29) is 24.2 Å². The molecule has 1 aromatic carbocycles. The minimum absolute atomic E-state index is 0.147. The molecule has 10 heteroatoms. The van der Waals surface area contributed by atoms with E-state index in [1.807, 2.05) is 23.7 Å². The van der Waals surface area contributed by atoms with Gasteiger partial charge in [0.15, 0.2) is 11.0 Å². The molecule has 0 atom stereocenters. The smallest absolute Gasteiger partial charge is 0.341 e. The molecular formula is C26H32N4O4S2. The van der Waals surface area contributed by atoms with Gasteiger partial charge in [0.25, 0.3) is 0 Å². The summed E-state index contributed by atoms with van der Waals surface area (Å²) in [4.78, 5) is 26.6. The van der Waals surface area contributed by atoms with Crippen molar-refractivity contribution in [3.8, 4) is 5.75 Å². The highest BCUT2D eigenvalue weighted by molar-refractivity contribution is 7.99. The average Bonchev–Trinajstić information content (AvgIpc) is 3.41. The number of thiophene rings is 1. The minimum Gasteiger partial charge on any atom is -0.486 e. The lowest BCUT2D eigenvalue weighted by Gasteiger charge is -2.12. The van der Waals surface area contributed by atoms with Crippen molar-refractivity contribution in [2.75, 3.05) is 17.7 Å². The van der Waals surface area contributed by atoms with Crippen LogP contribution in [0.2, 0.25) is 0 Å². The third kappa shape index (κ3) is 6.10. The van der Waals surface area contributed by atoms with Crippen molar-refractivity contribution in [3.63, 3.8) is 0 Å². The number of amides is 1. The van der Waals surface area contributed by atoms with E-state index in [1.54, 1.807) is 6.92 Å². The quantitative estimate of drug-likeness (QED) is 0.279. The molecule has 36 heavy (non-hydrogen) atoms. The monoisotopic (exact) mass is 528 g/mol. The third-order valence-corrected chi connectivity index (χ3v) is 8.30. The van der Waals surface area contributed by atoms with E-state index in [1.165, 1.54) is 33.5 Å². The number of hydrogen-bond donors (Lipinski definition) is 1.